The van der Waals surface area contributed by atoms with Crippen molar-refractivity contribution < 1.29 is 15.1 Å². The summed E-state index contributed by atoms with van der Waals surface area (Å²) in [4.78, 5) is 13.1. The van der Waals surface area contributed by atoms with E-state index in [-0.39, 0.29) is 30.1 Å². The molecule has 0 radical (unpaired) electrons. The first-order valence-electron chi connectivity index (χ1n) is 10.4. The van der Waals surface area contributed by atoms with Crippen LogP contribution in [-0.2, 0) is 0 Å². The number of unbranched alkanes of at least 4 members (excludes halogenated alkanes) is 3. The van der Waals surface area contributed by atoms with Crippen molar-refractivity contribution in [3.63, 3.8) is 0 Å². The minimum atomic E-state index is -0.468. The number of benzene rings is 1. The van der Waals surface area contributed by atoms with E-state index in [1.54, 1.807) is 12.1 Å². The monoisotopic (exact) mass is 422 g/mol. The molecule has 0 aromatic heterocycles. The third kappa shape index (κ3) is 7.13. The maximum atomic E-state index is 11.3. The molecule has 2 rings (SSSR count). The zero-order chi connectivity index (χ0) is 21.9. The lowest BCUT2D eigenvalue weighted by atomic mass is 9.99. The number of nitrogens with two attached hydrogens (primary N) is 2. The Morgan fingerprint density at radius 1 is 1.33 bits per heavy atom. The summed E-state index contributed by atoms with van der Waals surface area (Å²) in [7, 11) is 0. The average molecular weight is 423 g/mol. The van der Waals surface area contributed by atoms with Gasteiger partial charge >= 0.3 is 0 Å². The fourth-order valence-electron chi connectivity index (χ4n) is 3.76. The largest absolute Gasteiger partial charge is 0.403 e. The Balaban J connectivity index is 1.70. The maximum Gasteiger partial charge on any atom is 0.296 e. The summed E-state index contributed by atoms with van der Waals surface area (Å²) in [6.45, 7) is 2.59. The van der Waals surface area contributed by atoms with Crippen LogP contribution in [0.25, 0.3) is 0 Å². The highest BCUT2D eigenvalue weighted by Gasteiger charge is 2.26. The first-order valence-corrected chi connectivity index (χ1v) is 10.4. The minimum absolute atomic E-state index is 0.0685. The zero-order valence-corrected chi connectivity index (χ0v) is 17.3. The van der Waals surface area contributed by atoms with Crippen molar-refractivity contribution in [1.29, 1.82) is 0 Å². The topological polar surface area (TPSA) is 154 Å². The van der Waals surface area contributed by atoms with Crippen molar-refractivity contribution in [2.45, 2.75) is 50.7 Å². The molecule has 1 aliphatic rings. The van der Waals surface area contributed by atoms with Gasteiger partial charge in [0.25, 0.3) is 5.69 Å². The maximum absolute atomic E-state index is 11.3. The molecule has 1 fully saturated rings. The molecule has 10 heteroatoms. The second-order valence-corrected chi connectivity index (χ2v) is 7.60. The molecule has 0 amide bonds. The van der Waals surface area contributed by atoms with Gasteiger partial charge in [0.15, 0.2) is 0 Å². The van der Waals surface area contributed by atoms with Gasteiger partial charge in [-0.1, -0.05) is 12.8 Å². The normalized spacial score (nSPS) is 19.8. The predicted molar refractivity (Wildman–Crippen MR) is 118 cm³/mol. The third-order valence-electron chi connectivity index (χ3n) is 5.42. The van der Waals surface area contributed by atoms with Crippen LogP contribution < -0.4 is 21.9 Å². The molecular formula is C20H34N6O4. The van der Waals surface area contributed by atoms with Crippen molar-refractivity contribution in [1.82, 2.24) is 4.90 Å². The fraction of sp³-hybridized carbons (Fsp3) is 0.600. The minimum Gasteiger partial charge on any atom is -0.403 e. The van der Waals surface area contributed by atoms with E-state index < -0.39 is 4.92 Å². The summed E-state index contributed by atoms with van der Waals surface area (Å²) < 4.78 is 0. The summed E-state index contributed by atoms with van der Waals surface area (Å²) in [5.41, 5.74) is 6.14. The number of anilines is 2. The molecule has 1 saturated heterocycles. The molecule has 0 aliphatic carbocycles. The molecular weight excluding hydrogens is 388 g/mol. The predicted octanol–water partition coefficient (Wildman–Crippen LogP) is 1.49. The molecule has 0 saturated carbocycles. The van der Waals surface area contributed by atoms with E-state index in [0.29, 0.717) is 12.1 Å². The Morgan fingerprint density at radius 2 is 2.10 bits per heavy atom. The lowest BCUT2D eigenvalue weighted by Crippen LogP contribution is -2.46. The third-order valence-corrected chi connectivity index (χ3v) is 5.42. The van der Waals surface area contributed by atoms with Crippen molar-refractivity contribution in [3.05, 3.63) is 40.7 Å². The number of rotatable bonds is 12. The van der Waals surface area contributed by atoms with Gasteiger partial charge in [0, 0.05) is 43.3 Å². The number of nitro benzene ring substituents is 1. The molecule has 1 aromatic carbocycles. The Kier molecular flexibility index (Phi) is 9.81. The molecule has 168 valence electrons. The van der Waals surface area contributed by atoms with Gasteiger partial charge in [-0.3, -0.25) is 20.0 Å². The van der Waals surface area contributed by atoms with Gasteiger partial charge in [-0.25, -0.2) is 5.84 Å². The number of nitro groups is 1. The number of hydrogen-bond donors (Lipinski definition) is 5. The molecule has 30 heavy (non-hydrogen) atoms. The van der Waals surface area contributed by atoms with E-state index in [1.165, 1.54) is 18.5 Å². The van der Waals surface area contributed by atoms with Gasteiger partial charge in [-0.2, -0.15) is 0 Å². The Morgan fingerprint density at radius 3 is 2.80 bits per heavy atom. The first-order chi connectivity index (χ1) is 14.5. The molecule has 2 atom stereocenters. The Hall–Kier alpha value is -2.40. The van der Waals surface area contributed by atoms with Gasteiger partial charge < -0.3 is 21.3 Å². The number of nitrogens with zero attached hydrogens (tertiary/aromatic N) is 3. The molecule has 0 unspecified atom stereocenters. The van der Waals surface area contributed by atoms with Crippen molar-refractivity contribution in [2.24, 2.45) is 11.6 Å². The highest BCUT2D eigenvalue weighted by atomic mass is 16.6. The Labute approximate surface area is 177 Å². The number of nitrogens with one attached hydrogen (secondary N) is 1. The average Bonchev–Trinajstić information content (AvgIpc) is 2.73. The standard InChI is InChI=1S/C20H34N6O4/c21-8-12-25(22)19-6-5-16(13-20(19)26(29)30)23-9-3-1-2-4-10-24-11-7-18(28)14-17(24)15-27/h5-6,8,12-13,17-18,23,27-28H,1-4,7,9-11,14-15,21-22H2/b12-8-/t17-,18+/m0/s1. The summed E-state index contributed by atoms with van der Waals surface area (Å²) in [5, 5.41) is 34.8. The van der Waals surface area contributed by atoms with Gasteiger partial charge in [-0.05, 0) is 44.4 Å². The van der Waals surface area contributed by atoms with Crippen LogP contribution in [0.3, 0.4) is 0 Å². The quantitative estimate of drug-likeness (QED) is 0.146. The van der Waals surface area contributed by atoms with Crippen LogP contribution in [0.1, 0.15) is 38.5 Å². The molecule has 0 spiro atoms. The second kappa shape index (κ2) is 12.3. The zero-order valence-electron chi connectivity index (χ0n) is 17.3. The van der Waals surface area contributed by atoms with Crippen LogP contribution >= 0.6 is 0 Å². The van der Waals surface area contributed by atoms with Crippen molar-refractivity contribution in [2.75, 3.05) is 36.6 Å². The van der Waals surface area contributed by atoms with Crippen molar-refractivity contribution >= 4 is 17.1 Å². The van der Waals surface area contributed by atoms with Gasteiger partial charge in [0.2, 0.25) is 0 Å². The van der Waals surface area contributed by atoms with Crippen LogP contribution in [-0.4, -0.2) is 58.4 Å². The summed E-state index contributed by atoms with van der Waals surface area (Å²) in [6.07, 6.45) is 7.82. The number of aliphatic hydroxyl groups is 2. The van der Waals surface area contributed by atoms with E-state index >= 15 is 0 Å². The SMILES string of the molecule is N/C=C\N(N)c1ccc(NCCCCCCN2CC[C@@H](O)C[C@H]2CO)cc1[N+](=O)[O-]. The Bertz CT molecular complexity index is 702. The van der Waals surface area contributed by atoms with Crippen LogP contribution in [0.15, 0.2) is 30.6 Å². The van der Waals surface area contributed by atoms with E-state index in [2.05, 4.69) is 10.2 Å². The molecule has 7 N–H and O–H groups in total. The van der Waals surface area contributed by atoms with E-state index in [4.69, 9.17) is 11.6 Å². The van der Waals surface area contributed by atoms with Crippen LogP contribution in [0.5, 0.6) is 0 Å². The number of hydrogen-bond acceptors (Lipinski definition) is 9. The first kappa shape index (κ1) is 23.9. The molecule has 10 nitrogen and oxygen atoms in total. The van der Waals surface area contributed by atoms with Gasteiger partial charge in [0.1, 0.15) is 5.69 Å². The van der Waals surface area contributed by atoms with E-state index in [0.717, 1.165) is 56.7 Å². The second-order valence-electron chi connectivity index (χ2n) is 7.60. The summed E-state index contributed by atoms with van der Waals surface area (Å²) >= 11 is 0. The van der Waals surface area contributed by atoms with Crippen LogP contribution in [0.2, 0.25) is 0 Å². The lowest BCUT2D eigenvalue weighted by molar-refractivity contribution is -0.384. The van der Waals surface area contributed by atoms with E-state index in [9.17, 15) is 20.3 Å². The van der Waals surface area contributed by atoms with Gasteiger partial charge in [0.05, 0.1) is 17.6 Å². The van der Waals surface area contributed by atoms with Gasteiger partial charge in [-0.15, -0.1) is 0 Å². The van der Waals surface area contributed by atoms with Crippen molar-refractivity contribution in [3.8, 4) is 0 Å². The van der Waals surface area contributed by atoms with Crippen LogP contribution in [0, 0.1) is 10.1 Å². The highest BCUT2D eigenvalue weighted by Crippen LogP contribution is 2.30. The number of hydrazine groups is 1. The number of piperidine rings is 1. The fourth-order valence-corrected chi connectivity index (χ4v) is 3.76. The smallest absolute Gasteiger partial charge is 0.296 e. The lowest BCUT2D eigenvalue weighted by Gasteiger charge is -2.36. The molecule has 1 heterocycles. The molecule has 1 aromatic rings. The highest BCUT2D eigenvalue weighted by molar-refractivity contribution is 5.69. The van der Waals surface area contributed by atoms with E-state index in [1.807, 2.05) is 0 Å². The number of likely N-dealkylation sites (tertiary alicyclic amines) is 1. The summed E-state index contributed by atoms with van der Waals surface area (Å²) in [5.74, 6) is 5.75. The molecule has 1 aliphatic heterocycles. The number of aliphatic hydroxyl groups excluding tert-OH is 2. The molecule has 0 bridgehead atoms. The summed E-state index contributed by atoms with van der Waals surface area (Å²) in [6, 6.07) is 4.89. The van der Waals surface area contributed by atoms with Crippen LogP contribution in [0.4, 0.5) is 17.1 Å².